The van der Waals surface area contributed by atoms with Gasteiger partial charge in [0.25, 0.3) is 5.91 Å². The van der Waals surface area contributed by atoms with Gasteiger partial charge in [-0.3, -0.25) is 14.9 Å². The molecule has 3 aromatic rings. The summed E-state index contributed by atoms with van der Waals surface area (Å²) in [6, 6.07) is 12.5. The lowest BCUT2D eigenvalue weighted by atomic mass is 10.1. The molecule has 0 radical (unpaired) electrons. The fourth-order valence-electron chi connectivity index (χ4n) is 2.78. The average Bonchev–Trinajstić information content (AvgIpc) is 2.79. The molecule has 0 aromatic heterocycles. The third-order valence-corrected chi connectivity index (χ3v) is 5.13. The molecule has 0 atom stereocenters. The summed E-state index contributed by atoms with van der Waals surface area (Å²) >= 11 is 17.8. The molecule has 0 saturated carbocycles. The summed E-state index contributed by atoms with van der Waals surface area (Å²) in [5.41, 5.74) is 1.87. The molecule has 0 aliphatic heterocycles. The van der Waals surface area contributed by atoms with Gasteiger partial charge < -0.3 is 9.47 Å². The van der Waals surface area contributed by atoms with Crippen LogP contribution in [0, 0.1) is 10.1 Å². The van der Waals surface area contributed by atoms with Crippen molar-refractivity contribution in [3.63, 3.8) is 0 Å². The van der Waals surface area contributed by atoms with Crippen molar-refractivity contribution < 1.29 is 24.0 Å². The van der Waals surface area contributed by atoms with Crippen LogP contribution in [0.4, 0.5) is 5.69 Å². The van der Waals surface area contributed by atoms with E-state index in [1.54, 1.807) is 0 Å². The second kappa shape index (κ2) is 11.0. The molecule has 3 aromatic carbocycles. The summed E-state index contributed by atoms with van der Waals surface area (Å²) in [4.78, 5) is 35.9. The number of nitrogens with zero attached hydrogens (tertiary/aromatic N) is 2. The van der Waals surface area contributed by atoms with Crippen LogP contribution in [-0.4, -0.2) is 30.1 Å². The fourth-order valence-corrected chi connectivity index (χ4v) is 3.45. The van der Waals surface area contributed by atoms with E-state index in [1.807, 2.05) is 0 Å². The fraction of sp³-hybridized carbons (Fsp3) is 0.0455. The van der Waals surface area contributed by atoms with Gasteiger partial charge in [0.15, 0.2) is 0 Å². The summed E-state index contributed by atoms with van der Waals surface area (Å²) < 4.78 is 10.5. The van der Waals surface area contributed by atoms with E-state index in [0.717, 1.165) is 12.3 Å². The second-order valence-electron chi connectivity index (χ2n) is 6.51. The number of hydrogen-bond donors (Lipinski definition) is 1. The summed E-state index contributed by atoms with van der Waals surface area (Å²) in [6.07, 6.45) is 1.09. The van der Waals surface area contributed by atoms with Crippen molar-refractivity contribution >= 4 is 58.6 Å². The molecule has 9 nitrogen and oxygen atoms in total. The number of methoxy groups -OCH3 is 1. The molecule has 34 heavy (non-hydrogen) atoms. The molecular formula is C22H14Cl3N3O6. The second-order valence-corrected chi connectivity index (χ2v) is 7.79. The van der Waals surface area contributed by atoms with E-state index in [9.17, 15) is 19.7 Å². The number of nitro benzene ring substituents is 1. The number of rotatable bonds is 7. The predicted octanol–water partition coefficient (Wildman–Crippen LogP) is 5.55. The van der Waals surface area contributed by atoms with E-state index in [4.69, 9.17) is 44.3 Å². The Balaban J connectivity index is 1.90. The Bertz CT molecular complexity index is 1310. The van der Waals surface area contributed by atoms with E-state index in [1.165, 1.54) is 55.6 Å². The first-order valence-corrected chi connectivity index (χ1v) is 10.5. The predicted molar refractivity (Wildman–Crippen MR) is 128 cm³/mol. The Hall–Kier alpha value is -3.66. The van der Waals surface area contributed by atoms with Crippen LogP contribution in [0.3, 0.4) is 0 Å². The van der Waals surface area contributed by atoms with Gasteiger partial charge in [-0.2, -0.15) is 5.10 Å². The minimum absolute atomic E-state index is 0.0401. The SMILES string of the molecule is COc1ccc(Cl)cc1C(=O)Oc1c(/C=N/NC(=O)c2ccc(Cl)cc2Cl)cccc1[N+](=O)[O-]. The van der Waals surface area contributed by atoms with Gasteiger partial charge in [0.05, 0.1) is 28.8 Å². The maximum atomic E-state index is 12.8. The van der Waals surface area contributed by atoms with Gasteiger partial charge in [0.2, 0.25) is 5.75 Å². The molecule has 0 bridgehead atoms. The van der Waals surface area contributed by atoms with Crippen LogP contribution in [0.2, 0.25) is 15.1 Å². The van der Waals surface area contributed by atoms with Crippen molar-refractivity contribution in [2.24, 2.45) is 5.10 Å². The Morgan fingerprint density at radius 1 is 1.03 bits per heavy atom. The summed E-state index contributed by atoms with van der Waals surface area (Å²) in [7, 11) is 1.35. The van der Waals surface area contributed by atoms with Gasteiger partial charge in [-0.05, 0) is 42.5 Å². The number of nitro groups is 1. The molecular weight excluding hydrogens is 509 g/mol. The Kier molecular flexibility index (Phi) is 8.06. The topological polar surface area (TPSA) is 120 Å². The smallest absolute Gasteiger partial charge is 0.347 e. The normalized spacial score (nSPS) is 10.7. The molecule has 0 heterocycles. The Labute approximate surface area is 208 Å². The first kappa shape index (κ1) is 25.0. The molecule has 0 saturated heterocycles. The zero-order valence-corrected chi connectivity index (χ0v) is 19.5. The van der Waals surface area contributed by atoms with E-state index in [2.05, 4.69) is 10.5 Å². The highest BCUT2D eigenvalue weighted by Gasteiger charge is 2.24. The quantitative estimate of drug-likeness (QED) is 0.143. The number of esters is 1. The van der Waals surface area contributed by atoms with E-state index in [-0.39, 0.29) is 38.2 Å². The maximum Gasteiger partial charge on any atom is 0.347 e. The van der Waals surface area contributed by atoms with Crippen LogP contribution >= 0.6 is 34.8 Å². The zero-order chi connectivity index (χ0) is 24.8. The summed E-state index contributed by atoms with van der Waals surface area (Å²) in [5.74, 6) is -1.82. The highest BCUT2D eigenvalue weighted by Crippen LogP contribution is 2.32. The van der Waals surface area contributed by atoms with Crippen LogP contribution in [0.15, 0.2) is 59.7 Å². The molecule has 1 N–H and O–H groups in total. The lowest BCUT2D eigenvalue weighted by molar-refractivity contribution is -0.385. The maximum absolute atomic E-state index is 12.8. The number of amides is 1. The number of hydrogen-bond acceptors (Lipinski definition) is 7. The van der Waals surface area contributed by atoms with Crippen molar-refractivity contribution in [1.82, 2.24) is 5.43 Å². The third kappa shape index (κ3) is 5.82. The van der Waals surface area contributed by atoms with Crippen molar-refractivity contribution in [1.29, 1.82) is 0 Å². The first-order valence-electron chi connectivity index (χ1n) is 9.33. The molecule has 0 aliphatic rings. The van der Waals surface area contributed by atoms with Gasteiger partial charge in [-0.25, -0.2) is 10.2 Å². The highest BCUT2D eigenvalue weighted by molar-refractivity contribution is 6.36. The third-order valence-electron chi connectivity index (χ3n) is 4.34. The Morgan fingerprint density at radius 2 is 1.74 bits per heavy atom. The molecule has 12 heteroatoms. The van der Waals surface area contributed by atoms with Crippen LogP contribution in [0.5, 0.6) is 11.5 Å². The lowest BCUT2D eigenvalue weighted by Crippen LogP contribution is -2.18. The van der Waals surface area contributed by atoms with Crippen LogP contribution < -0.4 is 14.9 Å². The number of para-hydroxylation sites is 1. The monoisotopic (exact) mass is 521 g/mol. The number of halogens is 3. The number of ether oxygens (including phenoxy) is 2. The van der Waals surface area contributed by atoms with Crippen molar-refractivity contribution in [3.05, 3.63) is 96.5 Å². The minimum Gasteiger partial charge on any atom is -0.496 e. The number of carbonyl (C=O) groups excluding carboxylic acids is 2. The average molecular weight is 523 g/mol. The number of nitrogens with one attached hydrogen (secondary N) is 1. The van der Waals surface area contributed by atoms with E-state index < -0.39 is 22.5 Å². The zero-order valence-electron chi connectivity index (χ0n) is 17.3. The summed E-state index contributed by atoms with van der Waals surface area (Å²) in [6.45, 7) is 0. The standard InChI is InChI=1S/C22H14Cl3N3O6/c1-33-19-8-6-13(23)9-16(19)22(30)34-20-12(3-2-4-18(20)28(31)32)11-26-27-21(29)15-7-5-14(24)10-17(15)25/h2-11H,1H3,(H,27,29)/b26-11+. The van der Waals surface area contributed by atoms with Crippen LogP contribution in [-0.2, 0) is 0 Å². The molecule has 0 spiro atoms. The largest absolute Gasteiger partial charge is 0.496 e. The molecule has 3 rings (SSSR count). The van der Waals surface area contributed by atoms with Gasteiger partial charge in [0, 0.05) is 21.7 Å². The molecule has 1 amide bonds. The van der Waals surface area contributed by atoms with E-state index >= 15 is 0 Å². The summed E-state index contributed by atoms with van der Waals surface area (Å²) in [5, 5.41) is 16.0. The van der Waals surface area contributed by atoms with Gasteiger partial charge in [-0.15, -0.1) is 0 Å². The molecule has 0 aliphatic carbocycles. The Morgan fingerprint density at radius 3 is 2.41 bits per heavy atom. The van der Waals surface area contributed by atoms with Gasteiger partial charge in [0.1, 0.15) is 11.3 Å². The highest BCUT2D eigenvalue weighted by atomic mass is 35.5. The van der Waals surface area contributed by atoms with Crippen molar-refractivity contribution in [2.75, 3.05) is 7.11 Å². The van der Waals surface area contributed by atoms with Crippen molar-refractivity contribution in [2.45, 2.75) is 0 Å². The number of hydrazone groups is 1. The molecule has 174 valence electrons. The number of carbonyl (C=O) groups is 2. The first-order chi connectivity index (χ1) is 16.2. The van der Waals surface area contributed by atoms with Crippen molar-refractivity contribution in [3.8, 4) is 11.5 Å². The molecule has 0 unspecified atom stereocenters. The molecule has 0 fully saturated rings. The van der Waals surface area contributed by atoms with Gasteiger partial charge in [-0.1, -0.05) is 40.9 Å². The number of benzene rings is 3. The lowest BCUT2D eigenvalue weighted by Gasteiger charge is -2.11. The van der Waals surface area contributed by atoms with E-state index in [0.29, 0.717) is 5.02 Å². The minimum atomic E-state index is -0.944. The van der Waals surface area contributed by atoms with Crippen LogP contribution in [0.25, 0.3) is 0 Å². The van der Waals surface area contributed by atoms with Gasteiger partial charge >= 0.3 is 11.7 Å². The van der Waals surface area contributed by atoms with Crippen LogP contribution in [0.1, 0.15) is 26.3 Å².